The summed E-state index contributed by atoms with van der Waals surface area (Å²) in [5, 5.41) is 0. The summed E-state index contributed by atoms with van der Waals surface area (Å²) >= 11 is 0. The molecule has 0 aromatic rings. The van der Waals surface area contributed by atoms with Gasteiger partial charge in [-0.15, -0.1) is 0 Å². The summed E-state index contributed by atoms with van der Waals surface area (Å²) in [7, 11) is -0.428. The first-order valence-electron chi connectivity index (χ1n) is 4.81. The van der Waals surface area contributed by atoms with Gasteiger partial charge in [0, 0.05) is 0 Å². The molecule has 0 bridgehead atoms. The van der Waals surface area contributed by atoms with Crippen LogP contribution >= 0.6 is 0 Å². The van der Waals surface area contributed by atoms with Gasteiger partial charge in [0.1, 0.15) is 0 Å². The van der Waals surface area contributed by atoms with Crippen LogP contribution in [0.15, 0.2) is 0 Å². The van der Waals surface area contributed by atoms with Gasteiger partial charge in [-0.2, -0.15) is 0 Å². The predicted octanol–water partition coefficient (Wildman–Crippen LogP) is 0.934. The number of hydrogen-bond acceptors (Lipinski definition) is 3. The van der Waals surface area contributed by atoms with Crippen LogP contribution in [-0.4, -0.2) is 27.5 Å². The molecule has 13 heavy (non-hydrogen) atoms. The van der Waals surface area contributed by atoms with Gasteiger partial charge in [0.25, 0.3) is 0 Å². The first-order valence-corrected chi connectivity index (χ1v) is 6.77. The molecule has 2 unspecified atom stereocenters. The molecular weight excluding hydrogens is 186 g/mol. The third-order valence-corrected chi connectivity index (χ3v) is 4.89. The SMILES string of the molecule is C1CC[SiH]2OC2C1.CCOC(N)=O. The van der Waals surface area contributed by atoms with Crippen molar-refractivity contribution in [2.24, 2.45) is 5.73 Å². The zero-order valence-electron chi connectivity index (χ0n) is 7.99. The van der Waals surface area contributed by atoms with Crippen molar-refractivity contribution in [3.63, 3.8) is 0 Å². The Bertz CT molecular complexity index is 167. The number of nitrogens with two attached hydrogens (primary N) is 1. The minimum atomic E-state index is -0.711. The molecule has 0 aromatic heterocycles. The van der Waals surface area contributed by atoms with E-state index in [-0.39, 0.29) is 0 Å². The van der Waals surface area contributed by atoms with E-state index in [2.05, 4.69) is 10.5 Å². The highest BCUT2D eigenvalue weighted by molar-refractivity contribution is 6.62. The second kappa shape index (κ2) is 5.24. The highest BCUT2D eigenvalue weighted by atomic mass is 28.3. The lowest BCUT2D eigenvalue weighted by atomic mass is 10.2. The van der Waals surface area contributed by atoms with Gasteiger partial charge in [-0.1, -0.05) is 12.8 Å². The highest BCUT2D eigenvalue weighted by Gasteiger charge is 2.41. The average Bonchev–Trinajstić information content (AvgIpc) is 2.82. The van der Waals surface area contributed by atoms with Gasteiger partial charge in [-0.3, -0.25) is 0 Å². The van der Waals surface area contributed by atoms with Crippen LogP contribution < -0.4 is 5.73 Å². The predicted molar refractivity (Wildman–Crippen MR) is 51.9 cm³/mol. The number of carbonyl (C=O) groups excluding carboxylic acids is 1. The van der Waals surface area contributed by atoms with Gasteiger partial charge >= 0.3 is 6.09 Å². The Morgan fingerprint density at radius 1 is 1.69 bits per heavy atom. The van der Waals surface area contributed by atoms with Gasteiger partial charge in [-0.05, 0) is 19.4 Å². The maximum Gasteiger partial charge on any atom is 0.404 e. The van der Waals surface area contributed by atoms with E-state index in [1.54, 1.807) is 6.92 Å². The minimum absolute atomic E-state index is 0.356. The summed E-state index contributed by atoms with van der Waals surface area (Å²) in [6.45, 7) is 2.06. The number of primary amides is 1. The molecule has 0 saturated carbocycles. The quantitative estimate of drug-likeness (QED) is 0.509. The maximum atomic E-state index is 9.60. The van der Waals surface area contributed by atoms with Crippen LogP contribution in [0, 0.1) is 0 Å². The molecule has 2 heterocycles. The Morgan fingerprint density at radius 2 is 2.46 bits per heavy atom. The largest absolute Gasteiger partial charge is 0.450 e. The zero-order valence-corrected chi connectivity index (χ0v) is 9.15. The van der Waals surface area contributed by atoms with Gasteiger partial charge in [0.2, 0.25) is 9.04 Å². The maximum absolute atomic E-state index is 9.60. The van der Waals surface area contributed by atoms with Crippen molar-refractivity contribution >= 4 is 15.1 Å². The normalized spacial score (nSPS) is 29.3. The van der Waals surface area contributed by atoms with Crippen molar-refractivity contribution in [2.75, 3.05) is 6.61 Å². The lowest BCUT2D eigenvalue weighted by Crippen LogP contribution is -2.11. The summed E-state index contributed by atoms with van der Waals surface area (Å²) in [5.41, 5.74) is 5.38. The number of amides is 1. The summed E-state index contributed by atoms with van der Waals surface area (Å²) in [5.74, 6) is 0. The standard InChI is InChI=1S/C5H10OSi.C3H7NO2/c1-2-4-7-5(3-1)6-7;1-2-6-3(4)5/h5,7H,1-4H2;2H2,1H3,(H2,4,5). The van der Waals surface area contributed by atoms with Crippen LogP contribution in [0.25, 0.3) is 0 Å². The first kappa shape index (κ1) is 10.5. The van der Waals surface area contributed by atoms with Crippen LogP contribution in [0.4, 0.5) is 4.79 Å². The Kier molecular flexibility index (Phi) is 4.24. The molecule has 2 aliphatic heterocycles. The summed E-state index contributed by atoms with van der Waals surface area (Å²) in [6, 6.07) is 1.48. The van der Waals surface area contributed by atoms with E-state index in [1.807, 2.05) is 0 Å². The Hall–Kier alpha value is -0.553. The van der Waals surface area contributed by atoms with Crippen LogP contribution in [0.5, 0.6) is 0 Å². The van der Waals surface area contributed by atoms with Crippen molar-refractivity contribution < 1.29 is 14.0 Å². The smallest absolute Gasteiger partial charge is 0.404 e. The molecule has 2 atom stereocenters. The van der Waals surface area contributed by atoms with Crippen LogP contribution in [0.3, 0.4) is 0 Å². The third-order valence-electron chi connectivity index (χ3n) is 2.20. The van der Waals surface area contributed by atoms with E-state index < -0.39 is 15.1 Å². The molecule has 76 valence electrons. The number of hydrogen-bond donors (Lipinski definition) is 1. The van der Waals surface area contributed by atoms with E-state index in [9.17, 15) is 4.79 Å². The highest BCUT2D eigenvalue weighted by Crippen LogP contribution is 2.32. The fourth-order valence-electron chi connectivity index (χ4n) is 1.52. The van der Waals surface area contributed by atoms with Gasteiger partial charge < -0.3 is 14.9 Å². The van der Waals surface area contributed by atoms with Crippen molar-refractivity contribution in [1.29, 1.82) is 0 Å². The summed E-state index contributed by atoms with van der Waals surface area (Å²) < 4.78 is 9.60. The molecular formula is C8H17NO3Si. The third kappa shape index (κ3) is 4.28. The Labute approximate surface area is 80.1 Å². The first-order chi connectivity index (χ1) is 6.24. The summed E-state index contributed by atoms with van der Waals surface area (Å²) in [4.78, 5) is 9.60. The van der Waals surface area contributed by atoms with E-state index in [0.717, 1.165) is 5.73 Å². The fraction of sp³-hybridized carbons (Fsp3) is 0.875. The Balaban J connectivity index is 0.000000133. The van der Waals surface area contributed by atoms with Crippen LogP contribution in [0.2, 0.25) is 6.04 Å². The van der Waals surface area contributed by atoms with E-state index in [0.29, 0.717) is 6.61 Å². The number of carbonyl (C=O) groups is 1. The van der Waals surface area contributed by atoms with Crippen LogP contribution in [-0.2, 0) is 9.16 Å². The van der Waals surface area contributed by atoms with Crippen LogP contribution in [0.1, 0.15) is 26.2 Å². The molecule has 4 nitrogen and oxygen atoms in total. The lowest BCUT2D eigenvalue weighted by molar-refractivity contribution is 0.163. The molecule has 2 aliphatic rings. The van der Waals surface area contributed by atoms with Crippen molar-refractivity contribution in [2.45, 2.75) is 38.0 Å². The molecule has 1 amide bonds. The second-order valence-electron chi connectivity index (χ2n) is 3.25. The molecule has 0 spiro atoms. The number of rotatable bonds is 1. The summed E-state index contributed by atoms with van der Waals surface area (Å²) in [6.07, 6.45) is 3.59. The fourth-order valence-corrected chi connectivity index (χ4v) is 4.15. The number of ether oxygens (including phenoxy) is 1. The molecule has 0 aliphatic carbocycles. The zero-order chi connectivity index (χ0) is 9.68. The Morgan fingerprint density at radius 3 is 2.77 bits per heavy atom. The van der Waals surface area contributed by atoms with Crippen molar-refractivity contribution in [3.05, 3.63) is 0 Å². The van der Waals surface area contributed by atoms with E-state index in [4.69, 9.17) is 4.43 Å². The van der Waals surface area contributed by atoms with E-state index >= 15 is 0 Å². The lowest BCUT2D eigenvalue weighted by Gasteiger charge is -1.99. The van der Waals surface area contributed by atoms with Crippen molar-refractivity contribution in [1.82, 2.24) is 0 Å². The molecule has 5 heteroatoms. The molecule has 2 rings (SSSR count). The molecule has 0 aromatic carbocycles. The average molecular weight is 203 g/mol. The molecule has 2 saturated heterocycles. The van der Waals surface area contributed by atoms with Gasteiger partial charge in [-0.25, -0.2) is 4.79 Å². The molecule has 0 radical (unpaired) electrons. The molecule has 2 fully saturated rings. The van der Waals surface area contributed by atoms with Crippen molar-refractivity contribution in [3.8, 4) is 0 Å². The van der Waals surface area contributed by atoms with E-state index in [1.165, 1.54) is 25.3 Å². The second-order valence-corrected chi connectivity index (χ2v) is 5.92. The molecule has 2 N–H and O–H groups in total. The minimum Gasteiger partial charge on any atom is -0.450 e. The van der Waals surface area contributed by atoms with Gasteiger partial charge in [0.15, 0.2) is 0 Å². The topological polar surface area (TPSA) is 64.8 Å². The monoisotopic (exact) mass is 203 g/mol. The van der Waals surface area contributed by atoms with Gasteiger partial charge in [0.05, 0.1) is 12.3 Å². The number of fused-ring (bicyclic) bond motifs is 1.